The topological polar surface area (TPSA) is 69.7 Å². The van der Waals surface area contributed by atoms with Crippen LogP contribution in [0.5, 0.6) is 11.5 Å². The van der Waals surface area contributed by atoms with Gasteiger partial charge in [-0.1, -0.05) is 47.0 Å². The van der Waals surface area contributed by atoms with E-state index in [0.717, 1.165) is 5.56 Å². The Kier molecular flexibility index (Phi) is 6.67. The van der Waals surface area contributed by atoms with Gasteiger partial charge in [0, 0.05) is 11.1 Å². The molecule has 0 bridgehead atoms. The Balaban J connectivity index is 2.15. The third-order valence-corrected chi connectivity index (χ3v) is 6.68. The summed E-state index contributed by atoms with van der Waals surface area (Å²) in [6, 6.07) is 15.7. The molecule has 31 heavy (non-hydrogen) atoms. The molecule has 0 radical (unpaired) electrons. The Hall–Kier alpha value is -3.30. The van der Waals surface area contributed by atoms with Crippen LogP contribution in [0, 0.1) is 20.8 Å². The maximum atomic E-state index is 13.4. The first-order valence-electron chi connectivity index (χ1n) is 9.74. The molecular formula is C25H24O5P+. The number of hydrogen-bond donors (Lipinski definition) is 0. The largest absolute Gasteiger partial charge is 0.492 e. The summed E-state index contributed by atoms with van der Waals surface area (Å²) in [5.74, 6) is 0.461. The molecule has 5 nitrogen and oxygen atoms in total. The van der Waals surface area contributed by atoms with E-state index in [1.54, 1.807) is 62.4 Å². The number of carbonyl (C=O) groups excluding carboxylic acids is 2. The van der Waals surface area contributed by atoms with Crippen LogP contribution in [0.2, 0.25) is 0 Å². The van der Waals surface area contributed by atoms with E-state index in [4.69, 9.17) is 9.47 Å². The molecule has 0 heterocycles. The highest BCUT2D eigenvalue weighted by Gasteiger charge is 2.41. The zero-order valence-electron chi connectivity index (χ0n) is 18.2. The van der Waals surface area contributed by atoms with Crippen LogP contribution in [-0.4, -0.2) is 25.5 Å². The SMILES string of the molecule is COc1cccc(OC)c1[P+](=O)C(=O)c1c(C)cc(C)c(C(=O)c2ccccc2)c1C. The van der Waals surface area contributed by atoms with E-state index >= 15 is 0 Å². The summed E-state index contributed by atoms with van der Waals surface area (Å²) in [4.78, 5) is 26.6. The van der Waals surface area contributed by atoms with Crippen molar-refractivity contribution in [3.8, 4) is 11.5 Å². The molecule has 0 aromatic heterocycles. The molecule has 3 aromatic carbocycles. The summed E-state index contributed by atoms with van der Waals surface area (Å²) in [6.07, 6.45) is 0. The van der Waals surface area contributed by atoms with Crippen molar-refractivity contribution >= 4 is 24.4 Å². The highest BCUT2D eigenvalue weighted by atomic mass is 31.1. The summed E-state index contributed by atoms with van der Waals surface area (Å²) in [5.41, 5.74) is 2.68. The fourth-order valence-corrected chi connectivity index (χ4v) is 5.32. The normalized spacial score (nSPS) is 11.1. The van der Waals surface area contributed by atoms with Gasteiger partial charge in [0.2, 0.25) is 0 Å². The number of methoxy groups -OCH3 is 2. The third kappa shape index (κ3) is 4.14. The van der Waals surface area contributed by atoms with Gasteiger partial charge in [-0.05, 0) is 49.6 Å². The molecule has 158 valence electrons. The van der Waals surface area contributed by atoms with Crippen molar-refractivity contribution in [3.05, 3.63) is 88.0 Å². The number of hydrogen-bond acceptors (Lipinski definition) is 5. The van der Waals surface area contributed by atoms with Crippen LogP contribution in [-0.2, 0) is 4.57 Å². The molecule has 0 N–H and O–H groups in total. The van der Waals surface area contributed by atoms with Crippen molar-refractivity contribution in [2.45, 2.75) is 20.8 Å². The van der Waals surface area contributed by atoms with Gasteiger partial charge in [0.15, 0.2) is 17.3 Å². The molecule has 1 unspecified atom stereocenters. The lowest BCUT2D eigenvalue weighted by Crippen LogP contribution is -2.15. The van der Waals surface area contributed by atoms with Crippen LogP contribution in [0.15, 0.2) is 54.6 Å². The predicted molar refractivity (Wildman–Crippen MR) is 122 cm³/mol. The van der Waals surface area contributed by atoms with Gasteiger partial charge in [-0.25, -0.2) is 4.79 Å². The van der Waals surface area contributed by atoms with Crippen LogP contribution in [0.4, 0.5) is 0 Å². The number of carbonyl (C=O) groups is 2. The van der Waals surface area contributed by atoms with E-state index in [1.807, 2.05) is 13.0 Å². The Morgan fingerprint density at radius 3 is 1.87 bits per heavy atom. The molecule has 3 aromatic rings. The monoisotopic (exact) mass is 435 g/mol. The minimum Gasteiger partial charge on any atom is -0.492 e. The van der Waals surface area contributed by atoms with Crippen LogP contribution in [0.25, 0.3) is 0 Å². The molecule has 6 heteroatoms. The zero-order chi connectivity index (χ0) is 22.7. The van der Waals surface area contributed by atoms with E-state index in [1.165, 1.54) is 14.2 Å². The third-order valence-electron chi connectivity index (χ3n) is 5.24. The average molecular weight is 435 g/mol. The van der Waals surface area contributed by atoms with Crippen molar-refractivity contribution in [2.75, 3.05) is 14.2 Å². The second-order valence-electron chi connectivity index (χ2n) is 7.19. The molecule has 0 aliphatic rings. The van der Waals surface area contributed by atoms with Crippen molar-refractivity contribution in [2.24, 2.45) is 0 Å². The van der Waals surface area contributed by atoms with Gasteiger partial charge in [0.05, 0.1) is 19.8 Å². The predicted octanol–water partition coefficient (Wildman–Crippen LogP) is 5.15. The first-order chi connectivity index (χ1) is 14.8. The molecule has 0 saturated heterocycles. The average Bonchev–Trinajstić information content (AvgIpc) is 2.77. The minimum atomic E-state index is -2.54. The fourth-order valence-electron chi connectivity index (χ4n) is 3.83. The zero-order valence-corrected chi connectivity index (χ0v) is 19.1. The lowest BCUT2D eigenvalue weighted by atomic mass is 9.89. The summed E-state index contributed by atoms with van der Waals surface area (Å²) in [7, 11) is 0.354. The second kappa shape index (κ2) is 9.23. The van der Waals surface area contributed by atoms with Gasteiger partial charge in [-0.2, -0.15) is 0 Å². The van der Waals surface area contributed by atoms with Gasteiger partial charge in [-0.3, -0.25) is 4.79 Å². The minimum absolute atomic E-state index is 0.172. The van der Waals surface area contributed by atoms with E-state index in [0.29, 0.717) is 39.3 Å². The first-order valence-corrected chi connectivity index (χ1v) is 11.0. The quantitative estimate of drug-likeness (QED) is 0.379. The summed E-state index contributed by atoms with van der Waals surface area (Å²) in [6.45, 7) is 5.35. The Morgan fingerprint density at radius 2 is 1.32 bits per heavy atom. The maximum Gasteiger partial charge on any atom is 0.466 e. The van der Waals surface area contributed by atoms with Crippen LogP contribution in [0.1, 0.15) is 43.0 Å². The Bertz CT molecular complexity index is 1160. The van der Waals surface area contributed by atoms with Gasteiger partial charge >= 0.3 is 13.3 Å². The van der Waals surface area contributed by atoms with Crippen molar-refractivity contribution in [3.63, 3.8) is 0 Å². The summed E-state index contributed by atoms with van der Waals surface area (Å²) in [5, 5.41) is 0.211. The van der Waals surface area contributed by atoms with Crippen molar-refractivity contribution in [1.82, 2.24) is 0 Å². The van der Waals surface area contributed by atoms with Crippen LogP contribution in [0.3, 0.4) is 0 Å². The molecule has 0 amide bonds. The Labute approximate surface area is 182 Å². The highest BCUT2D eigenvalue weighted by Crippen LogP contribution is 2.38. The summed E-state index contributed by atoms with van der Waals surface area (Å²) >= 11 is 0. The molecule has 3 rings (SSSR count). The smallest absolute Gasteiger partial charge is 0.466 e. The number of rotatable bonds is 7. The van der Waals surface area contributed by atoms with E-state index < -0.39 is 13.3 Å². The van der Waals surface area contributed by atoms with Gasteiger partial charge in [-0.15, -0.1) is 0 Å². The Morgan fingerprint density at radius 1 is 0.774 bits per heavy atom. The standard InChI is InChI=1S/C25H24O5P/c1-15-14-16(2)22(17(3)21(15)23(26)18-10-7-6-8-11-18)25(27)31(28)24-19(29-4)12-9-13-20(24)30-5/h6-14H,1-5H3/q+1. The number of benzene rings is 3. The fraction of sp³-hybridized carbons (Fsp3) is 0.200. The van der Waals surface area contributed by atoms with Gasteiger partial charge < -0.3 is 9.47 Å². The van der Waals surface area contributed by atoms with E-state index in [2.05, 4.69) is 0 Å². The number of aryl methyl sites for hydroxylation is 2. The molecule has 0 aliphatic heterocycles. The molecule has 0 spiro atoms. The van der Waals surface area contributed by atoms with Crippen molar-refractivity contribution < 1.29 is 23.6 Å². The molecule has 0 aliphatic carbocycles. The van der Waals surface area contributed by atoms with E-state index in [9.17, 15) is 14.2 Å². The molecule has 0 fully saturated rings. The second-order valence-corrected chi connectivity index (χ2v) is 8.63. The molecule has 0 saturated carbocycles. The first kappa shape index (κ1) is 22.4. The number of ether oxygens (including phenoxy) is 2. The molecule has 1 atom stereocenters. The van der Waals surface area contributed by atoms with E-state index in [-0.39, 0.29) is 11.1 Å². The summed E-state index contributed by atoms with van der Waals surface area (Å²) < 4.78 is 24.0. The van der Waals surface area contributed by atoms with Crippen molar-refractivity contribution in [1.29, 1.82) is 0 Å². The highest BCUT2D eigenvalue weighted by molar-refractivity contribution is 7.72. The lowest BCUT2D eigenvalue weighted by molar-refractivity contribution is 0.103. The van der Waals surface area contributed by atoms with Crippen LogP contribution >= 0.6 is 7.80 Å². The van der Waals surface area contributed by atoms with Gasteiger partial charge in [0.25, 0.3) is 5.30 Å². The molecular weight excluding hydrogens is 411 g/mol. The van der Waals surface area contributed by atoms with Crippen LogP contribution < -0.4 is 14.8 Å². The lowest BCUT2D eigenvalue weighted by Gasteiger charge is -2.14. The number of ketones is 1. The van der Waals surface area contributed by atoms with Gasteiger partial charge in [0.1, 0.15) is 0 Å². The maximum absolute atomic E-state index is 13.4.